The number of halogens is 3. The van der Waals surface area contributed by atoms with Gasteiger partial charge in [0.1, 0.15) is 0 Å². The Morgan fingerprint density at radius 3 is 2.22 bits per heavy atom. The molecule has 18 heavy (non-hydrogen) atoms. The Kier molecular flexibility index (Phi) is 2.93. The highest BCUT2D eigenvalue weighted by molar-refractivity contribution is 8.00. The molecule has 1 aromatic carbocycles. The molecule has 0 heterocycles. The molecule has 2 bridgehead atoms. The maximum absolute atomic E-state index is 12.4. The van der Waals surface area contributed by atoms with E-state index in [1.165, 1.54) is 18.6 Å². The monoisotopic (exact) mass is 270 g/mol. The maximum Gasteiger partial charge on any atom is 0.416 e. The van der Waals surface area contributed by atoms with Crippen molar-refractivity contribution >= 4 is 11.8 Å². The standard InChI is InChI=1S/C14H13F3S/c15-14(16,17)11-3-5-12(6-4-11)18-13-8-9-1-2-10(13)7-9/h1-6,9-10,13H,7-8H2/t9-,10+,13-/m0/s1. The quantitative estimate of drug-likeness (QED) is 0.698. The lowest BCUT2D eigenvalue weighted by Gasteiger charge is -2.17. The lowest BCUT2D eigenvalue weighted by Crippen LogP contribution is -2.09. The third-order valence-corrected chi connectivity index (χ3v) is 5.08. The van der Waals surface area contributed by atoms with E-state index in [4.69, 9.17) is 0 Å². The van der Waals surface area contributed by atoms with Gasteiger partial charge in [-0.25, -0.2) is 0 Å². The van der Waals surface area contributed by atoms with Crippen molar-refractivity contribution in [2.45, 2.75) is 29.2 Å². The maximum atomic E-state index is 12.4. The van der Waals surface area contributed by atoms with Crippen molar-refractivity contribution in [3.05, 3.63) is 42.0 Å². The zero-order valence-corrected chi connectivity index (χ0v) is 10.5. The molecule has 0 amide bonds. The lowest BCUT2D eigenvalue weighted by molar-refractivity contribution is -0.137. The predicted octanol–water partition coefficient (Wildman–Crippen LogP) is 4.76. The van der Waals surface area contributed by atoms with Crippen LogP contribution in [0.1, 0.15) is 18.4 Å². The summed E-state index contributed by atoms with van der Waals surface area (Å²) < 4.78 is 37.3. The first-order valence-electron chi connectivity index (χ1n) is 6.04. The van der Waals surface area contributed by atoms with Crippen molar-refractivity contribution < 1.29 is 13.2 Å². The molecular formula is C14H13F3S. The van der Waals surface area contributed by atoms with Gasteiger partial charge < -0.3 is 0 Å². The molecule has 0 saturated heterocycles. The van der Waals surface area contributed by atoms with Gasteiger partial charge in [0.15, 0.2) is 0 Å². The largest absolute Gasteiger partial charge is 0.416 e. The van der Waals surface area contributed by atoms with Crippen LogP contribution in [0.15, 0.2) is 41.3 Å². The minimum Gasteiger partial charge on any atom is -0.166 e. The van der Waals surface area contributed by atoms with Crippen LogP contribution in [0, 0.1) is 11.8 Å². The van der Waals surface area contributed by atoms with Gasteiger partial charge in [0.05, 0.1) is 5.56 Å². The fourth-order valence-corrected chi connectivity index (χ4v) is 4.13. The first kappa shape index (κ1) is 12.2. The SMILES string of the molecule is FC(F)(F)c1ccc(S[C@H]2C[C@H]3C=C[C@@H]2C3)cc1. The molecule has 1 saturated carbocycles. The molecule has 3 atom stereocenters. The molecular weight excluding hydrogens is 257 g/mol. The second kappa shape index (κ2) is 4.34. The molecule has 4 heteroatoms. The summed E-state index contributed by atoms with van der Waals surface area (Å²) in [5, 5.41) is 0.539. The number of thioether (sulfide) groups is 1. The fourth-order valence-electron chi connectivity index (χ4n) is 2.76. The number of hydrogen-bond acceptors (Lipinski definition) is 1. The first-order valence-corrected chi connectivity index (χ1v) is 6.92. The molecule has 0 radical (unpaired) electrons. The molecule has 2 aliphatic rings. The molecule has 1 fully saturated rings. The summed E-state index contributed by atoms with van der Waals surface area (Å²) in [5.74, 6) is 1.31. The van der Waals surface area contributed by atoms with Gasteiger partial charge in [0, 0.05) is 10.1 Å². The third-order valence-electron chi connectivity index (χ3n) is 3.69. The second-order valence-electron chi connectivity index (χ2n) is 4.96. The van der Waals surface area contributed by atoms with Crippen LogP contribution >= 0.6 is 11.8 Å². The Hall–Kier alpha value is -0.900. The van der Waals surface area contributed by atoms with Crippen LogP contribution in [0.4, 0.5) is 13.2 Å². The van der Waals surface area contributed by atoms with Crippen LogP contribution in [0.5, 0.6) is 0 Å². The van der Waals surface area contributed by atoms with Gasteiger partial charge in [-0.2, -0.15) is 13.2 Å². The Morgan fingerprint density at radius 1 is 1.00 bits per heavy atom. The number of rotatable bonds is 2. The normalized spacial score (nSPS) is 30.1. The molecule has 1 aromatic rings. The highest BCUT2D eigenvalue weighted by Crippen LogP contribution is 2.47. The molecule has 0 spiro atoms. The third kappa shape index (κ3) is 2.30. The Bertz CT molecular complexity index is 461. The van der Waals surface area contributed by atoms with Crippen LogP contribution < -0.4 is 0 Å². The van der Waals surface area contributed by atoms with E-state index in [9.17, 15) is 13.2 Å². The highest BCUT2D eigenvalue weighted by Gasteiger charge is 2.36. The molecule has 0 aromatic heterocycles. The van der Waals surface area contributed by atoms with E-state index in [1.807, 2.05) is 0 Å². The van der Waals surface area contributed by atoms with Crippen molar-refractivity contribution in [1.82, 2.24) is 0 Å². The molecule has 2 aliphatic carbocycles. The van der Waals surface area contributed by atoms with E-state index < -0.39 is 11.7 Å². The molecule has 0 N–H and O–H groups in total. The van der Waals surface area contributed by atoms with Gasteiger partial charge in [0.25, 0.3) is 0 Å². The summed E-state index contributed by atoms with van der Waals surface area (Å²) in [5.41, 5.74) is -0.570. The lowest BCUT2D eigenvalue weighted by atomic mass is 10.1. The topological polar surface area (TPSA) is 0 Å². The van der Waals surface area contributed by atoms with E-state index in [2.05, 4.69) is 12.2 Å². The average Bonchev–Trinajstić information content (AvgIpc) is 2.90. The van der Waals surface area contributed by atoms with Gasteiger partial charge in [-0.1, -0.05) is 12.2 Å². The van der Waals surface area contributed by atoms with Crippen LogP contribution in [-0.4, -0.2) is 5.25 Å². The molecule has 0 aliphatic heterocycles. The van der Waals surface area contributed by atoms with Gasteiger partial charge in [-0.15, -0.1) is 11.8 Å². The van der Waals surface area contributed by atoms with Crippen molar-refractivity contribution in [2.75, 3.05) is 0 Å². The van der Waals surface area contributed by atoms with Crippen LogP contribution in [0.3, 0.4) is 0 Å². The Balaban J connectivity index is 1.69. The van der Waals surface area contributed by atoms with Crippen molar-refractivity contribution in [3.63, 3.8) is 0 Å². The number of fused-ring (bicyclic) bond motifs is 2. The summed E-state index contributed by atoms with van der Waals surface area (Å²) in [6.45, 7) is 0. The summed E-state index contributed by atoms with van der Waals surface area (Å²) in [4.78, 5) is 0.939. The highest BCUT2D eigenvalue weighted by atomic mass is 32.2. The van der Waals surface area contributed by atoms with E-state index >= 15 is 0 Å². The smallest absolute Gasteiger partial charge is 0.166 e. The molecule has 0 nitrogen and oxygen atoms in total. The average molecular weight is 270 g/mol. The van der Waals surface area contributed by atoms with Crippen molar-refractivity contribution in [3.8, 4) is 0 Å². The molecule has 96 valence electrons. The minimum atomic E-state index is -4.24. The number of hydrogen-bond donors (Lipinski definition) is 0. The van der Waals surface area contributed by atoms with E-state index in [0.717, 1.165) is 11.3 Å². The van der Waals surface area contributed by atoms with Gasteiger partial charge in [-0.3, -0.25) is 0 Å². The molecule has 0 unspecified atom stereocenters. The zero-order chi connectivity index (χ0) is 12.8. The van der Waals surface area contributed by atoms with Crippen LogP contribution in [0.2, 0.25) is 0 Å². The number of alkyl halides is 3. The van der Waals surface area contributed by atoms with Gasteiger partial charge >= 0.3 is 6.18 Å². The first-order chi connectivity index (χ1) is 8.52. The van der Waals surface area contributed by atoms with E-state index in [0.29, 0.717) is 17.1 Å². The van der Waals surface area contributed by atoms with Crippen LogP contribution in [-0.2, 0) is 6.18 Å². The number of benzene rings is 1. The number of allylic oxidation sites excluding steroid dienone is 2. The molecule has 3 rings (SSSR count). The summed E-state index contributed by atoms with van der Waals surface area (Å²) >= 11 is 1.72. The summed E-state index contributed by atoms with van der Waals surface area (Å²) in [7, 11) is 0. The Morgan fingerprint density at radius 2 is 1.72 bits per heavy atom. The second-order valence-corrected chi connectivity index (χ2v) is 6.27. The fraction of sp³-hybridized carbons (Fsp3) is 0.429. The van der Waals surface area contributed by atoms with Crippen molar-refractivity contribution in [1.29, 1.82) is 0 Å². The predicted molar refractivity (Wildman–Crippen MR) is 66.4 cm³/mol. The van der Waals surface area contributed by atoms with Crippen LogP contribution in [0.25, 0.3) is 0 Å². The van der Waals surface area contributed by atoms with Crippen molar-refractivity contribution in [2.24, 2.45) is 11.8 Å². The summed E-state index contributed by atoms with van der Waals surface area (Å²) in [6.07, 6.45) is 2.67. The summed E-state index contributed by atoms with van der Waals surface area (Å²) in [6, 6.07) is 5.52. The van der Waals surface area contributed by atoms with Gasteiger partial charge in [0.2, 0.25) is 0 Å². The Labute approximate surface area is 108 Å². The van der Waals surface area contributed by atoms with E-state index in [-0.39, 0.29) is 0 Å². The minimum absolute atomic E-state index is 0.539. The van der Waals surface area contributed by atoms with Gasteiger partial charge in [-0.05, 0) is 48.9 Å². The zero-order valence-electron chi connectivity index (χ0n) is 9.65. The van der Waals surface area contributed by atoms with E-state index in [1.54, 1.807) is 23.9 Å².